The second-order valence-corrected chi connectivity index (χ2v) is 7.10. The highest BCUT2D eigenvalue weighted by Crippen LogP contribution is 2.41. The van der Waals surface area contributed by atoms with Crippen molar-refractivity contribution in [1.82, 2.24) is 9.88 Å². The van der Waals surface area contributed by atoms with Gasteiger partial charge in [-0.3, -0.25) is 9.78 Å². The molecule has 7 heteroatoms. The third kappa shape index (κ3) is 3.22. The van der Waals surface area contributed by atoms with Crippen LogP contribution < -0.4 is 0 Å². The van der Waals surface area contributed by atoms with Crippen LogP contribution in [0.3, 0.4) is 0 Å². The molecule has 1 aromatic heterocycles. The Bertz CT molecular complexity index is 784. The summed E-state index contributed by atoms with van der Waals surface area (Å²) in [5, 5.41) is 20.3. The Morgan fingerprint density at radius 3 is 2.96 bits per heavy atom. The molecule has 1 aromatic carbocycles. The molecule has 3 rings (SSSR count). The standard InChI is InChI=1S/C17H17ClN2O3S/c1-10-16(23)14(12(8-21)6-19-10)7-20-15(22)9-24-17(20)11-3-2-4-13(18)5-11/h2-6,17,21,23H,7-9H2,1H3. The molecular formula is C17H17ClN2O3S. The number of benzene rings is 1. The van der Waals surface area contributed by atoms with E-state index in [1.54, 1.807) is 17.9 Å². The van der Waals surface area contributed by atoms with Crippen LogP contribution in [0.15, 0.2) is 30.5 Å². The lowest BCUT2D eigenvalue weighted by Crippen LogP contribution is -2.28. The van der Waals surface area contributed by atoms with Gasteiger partial charge in [-0.05, 0) is 24.6 Å². The first kappa shape index (κ1) is 17.1. The summed E-state index contributed by atoms with van der Waals surface area (Å²) in [4.78, 5) is 18.1. The van der Waals surface area contributed by atoms with Gasteiger partial charge in [0.05, 0.1) is 24.6 Å². The zero-order valence-corrected chi connectivity index (χ0v) is 14.6. The number of aryl methyl sites for hydroxylation is 1. The number of thioether (sulfide) groups is 1. The zero-order valence-electron chi connectivity index (χ0n) is 13.1. The van der Waals surface area contributed by atoms with Crippen LogP contribution >= 0.6 is 23.4 Å². The van der Waals surface area contributed by atoms with Crippen LogP contribution in [-0.4, -0.2) is 31.8 Å². The van der Waals surface area contributed by atoms with Crippen LogP contribution in [0.5, 0.6) is 5.75 Å². The van der Waals surface area contributed by atoms with Crippen LogP contribution in [0.25, 0.3) is 0 Å². The molecule has 0 spiro atoms. The molecule has 1 atom stereocenters. The minimum absolute atomic E-state index is 0.0114. The van der Waals surface area contributed by atoms with Crippen LogP contribution in [-0.2, 0) is 17.9 Å². The lowest BCUT2D eigenvalue weighted by atomic mass is 10.1. The monoisotopic (exact) mass is 364 g/mol. The second-order valence-electron chi connectivity index (χ2n) is 5.59. The van der Waals surface area contributed by atoms with E-state index in [-0.39, 0.29) is 30.2 Å². The predicted octanol–water partition coefficient (Wildman–Crippen LogP) is 3.02. The number of aliphatic hydroxyl groups excluding tert-OH is 1. The van der Waals surface area contributed by atoms with Gasteiger partial charge in [-0.2, -0.15) is 0 Å². The van der Waals surface area contributed by atoms with E-state index < -0.39 is 0 Å². The quantitative estimate of drug-likeness (QED) is 0.872. The Kier molecular flexibility index (Phi) is 4.99. The van der Waals surface area contributed by atoms with Crippen molar-refractivity contribution < 1.29 is 15.0 Å². The number of carbonyl (C=O) groups excluding carboxylic acids is 1. The number of aromatic hydroxyl groups is 1. The molecular weight excluding hydrogens is 348 g/mol. The SMILES string of the molecule is Cc1ncc(CO)c(CN2C(=O)CSC2c2cccc(Cl)c2)c1O. The molecule has 5 nitrogen and oxygen atoms in total. The summed E-state index contributed by atoms with van der Waals surface area (Å²) in [7, 11) is 0. The molecule has 126 valence electrons. The first-order chi connectivity index (χ1) is 11.5. The van der Waals surface area contributed by atoms with Crippen molar-refractivity contribution in [3.05, 3.63) is 57.9 Å². The van der Waals surface area contributed by atoms with Crippen LogP contribution in [0.1, 0.15) is 27.8 Å². The van der Waals surface area contributed by atoms with Gasteiger partial charge >= 0.3 is 0 Å². The highest BCUT2D eigenvalue weighted by molar-refractivity contribution is 8.00. The first-order valence-electron chi connectivity index (χ1n) is 7.45. The van der Waals surface area contributed by atoms with E-state index in [2.05, 4.69) is 4.98 Å². The van der Waals surface area contributed by atoms with E-state index >= 15 is 0 Å². The van der Waals surface area contributed by atoms with Crippen molar-refractivity contribution in [2.24, 2.45) is 0 Å². The number of carbonyl (C=O) groups is 1. The van der Waals surface area contributed by atoms with Crippen molar-refractivity contribution in [3.63, 3.8) is 0 Å². The highest BCUT2D eigenvalue weighted by Gasteiger charge is 2.34. The van der Waals surface area contributed by atoms with Gasteiger partial charge in [-0.25, -0.2) is 0 Å². The van der Waals surface area contributed by atoms with Crippen LogP contribution in [0.4, 0.5) is 0 Å². The highest BCUT2D eigenvalue weighted by atomic mass is 35.5. The smallest absolute Gasteiger partial charge is 0.234 e. The lowest BCUT2D eigenvalue weighted by molar-refractivity contribution is -0.128. The summed E-state index contributed by atoms with van der Waals surface area (Å²) in [5.74, 6) is 0.384. The van der Waals surface area contributed by atoms with Crippen molar-refractivity contribution in [3.8, 4) is 5.75 Å². The number of hydrogen-bond acceptors (Lipinski definition) is 5. The normalized spacial score (nSPS) is 17.5. The zero-order chi connectivity index (χ0) is 17.3. The fourth-order valence-corrected chi connectivity index (χ4v) is 4.10. The molecule has 1 aliphatic rings. The van der Waals surface area contributed by atoms with E-state index in [9.17, 15) is 15.0 Å². The van der Waals surface area contributed by atoms with E-state index in [1.165, 1.54) is 18.0 Å². The molecule has 2 aromatic rings. The third-order valence-corrected chi connectivity index (χ3v) is 5.52. The molecule has 2 heterocycles. The molecule has 0 aliphatic carbocycles. The third-order valence-electron chi connectivity index (χ3n) is 4.03. The maximum Gasteiger partial charge on any atom is 0.234 e. The largest absolute Gasteiger partial charge is 0.506 e. The maximum absolute atomic E-state index is 12.4. The van der Waals surface area contributed by atoms with Crippen LogP contribution in [0.2, 0.25) is 5.02 Å². The first-order valence-corrected chi connectivity index (χ1v) is 8.87. The van der Waals surface area contributed by atoms with Gasteiger partial charge in [0.1, 0.15) is 11.1 Å². The van der Waals surface area contributed by atoms with Gasteiger partial charge in [0.2, 0.25) is 5.91 Å². The van der Waals surface area contributed by atoms with Gasteiger partial charge in [-0.15, -0.1) is 11.8 Å². The van der Waals surface area contributed by atoms with Crippen molar-refractivity contribution in [2.45, 2.75) is 25.4 Å². The molecule has 0 radical (unpaired) electrons. The number of pyridine rings is 1. The number of nitrogens with zero attached hydrogens (tertiary/aromatic N) is 2. The Hall–Kier alpha value is -1.76. The molecule has 1 unspecified atom stereocenters. The van der Waals surface area contributed by atoms with Gasteiger partial charge in [0.15, 0.2) is 0 Å². The van der Waals surface area contributed by atoms with E-state index in [4.69, 9.17) is 11.6 Å². The van der Waals surface area contributed by atoms with E-state index in [0.717, 1.165) is 5.56 Å². The molecule has 1 aliphatic heterocycles. The number of hydrogen-bond donors (Lipinski definition) is 2. The van der Waals surface area contributed by atoms with Gasteiger partial charge in [0, 0.05) is 22.3 Å². The van der Waals surface area contributed by atoms with Crippen molar-refractivity contribution in [1.29, 1.82) is 0 Å². The average Bonchev–Trinajstić information content (AvgIpc) is 2.93. The van der Waals surface area contributed by atoms with Crippen LogP contribution in [0, 0.1) is 6.92 Å². The van der Waals surface area contributed by atoms with Crippen molar-refractivity contribution in [2.75, 3.05) is 5.75 Å². The fraction of sp³-hybridized carbons (Fsp3) is 0.294. The summed E-state index contributed by atoms with van der Waals surface area (Å²) < 4.78 is 0. The van der Waals surface area contributed by atoms with E-state index in [0.29, 0.717) is 27.6 Å². The summed E-state index contributed by atoms with van der Waals surface area (Å²) in [5.41, 5.74) is 2.47. The molecule has 1 amide bonds. The van der Waals surface area contributed by atoms with Gasteiger partial charge in [0.25, 0.3) is 0 Å². The number of aliphatic hydroxyl groups is 1. The molecule has 2 N–H and O–H groups in total. The molecule has 1 fully saturated rings. The van der Waals surface area contributed by atoms with Gasteiger partial charge in [-0.1, -0.05) is 23.7 Å². The molecule has 1 saturated heterocycles. The number of aromatic nitrogens is 1. The summed E-state index contributed by atoms with van der Waals surface area (Å²) >= 11 is 7.59. The Labute approximate surface area is 149 Å². The minimum atomic E-state index is -0.243. The number of amides is 1. The molecule has 0 saturated carbocycles. The Morgan fingerprint density at radius 1 is 1.46 bits per heavy atom. The Balaban J connectivity index is 1.96. The number of halogens is 1. The fourth-order valence-electron chi connectivity index (χ4n) is 2.73. The van der Waals surface area contributed by atoms with E-state index in [1.807, 2.05) is 18.2 Å². The summed E-state index contributed by atoms with van der Waals surface area (Å²) in [6, 6.07) is 7.42. The summed E-state index contributed by atoms with van der Waals surface area (Å²) in [6.45, 7) is 1.66. The topological polar surface area (TPSA) is 73.7 Å². The number of rotatable bonds is 4. The minimum Gasteiger partial charge on any atom is -0.506 e. The van der Waals surface area contributed by atoms with Crippen molar-refractivity contribution >= 4 is 29.3 Å². The summed E-state index contributed by atoms with van der Waals surface area (Å²) in [6.07, 6.45) is 1.53. The second kappa shape index (κ2) is 7.01. The molecule has 0 bridgehead atoms. The van der Waals surface area contributed by atoms with Gasteiger partial charge < -0.3 is 15.1 Å². The predicted molar refractivity (Wildman–Crippen MR) is 93.8 cm³/mol. The lowest BCUT2D eigenvalue weighted by Gasteiger charge is -2.26. The molecule has 24 heavy (non-hydrogen) atoms. The maximum atomic E-state index is 12.4. The Morgan fingerprint density at radius 2 is 2.25 bits per heavy atom. The average molecular weight is 365 g/mol.